The largest absolute Gasteiger partial charge is 0.504 e. The molecule has 0 bridgehead atoms. The molecule has 3 aromatic rings. The zero-order chi connectivity index (χ0) is 20.9. The molecule has 0 saturated heterocycles. The number of hydrogen-bond donors (Lipinski definition) is 2. The van der Waals surface area contributed by atoms with E-state index in [-0.39, 0.29) is 11.7 Å². The Morgan fingerprint density at radius 3 is 2.87 bits per heavy atom. The number of benzene rings is 1. The molecule has 1 amide bonds. The number of carbonyl (C=O) groups excluding carboxylic acids is 1. The van der Waals surface area contributed by atoms with Crippen molar-refractivity contribution in [1.82, 2.24) is 30.0 Å². The van der Waals surface area contributed by atoms with Gasteiger partial charge in [-0.3, -0.25) is 14.7 Å². The van der Waals surface area contributed by atoms with E-state index in [2.05, 4.69) is 30.0 Å². The van der Waals surface area contributed by atoms with Crippen molar-refractivity contribution in [3.8, 4) is 11.5 Å². The predicted molar refractivity (Wildman–Crippen MR) is 109 cm³/mol. The highest BCUT2D eigenvalue weighted by molar-refractivity contribution is 5.92. The summed E-state index contributed by atoms with van der Waals surface area (Å²) in [5.74, 6) is 2.04. The normalized spacial score (nSPS) is 14.0. The number of aromatic hydroxyl groups is 1. The zero-order valence-corrected chi connectivity index (χ0v) is 16.8. The summed E-state index contributed by atoms with van der Waals surface area (Å²) in [4.78, 5) is 18.6. The van der Waals surface area contributed by atoms with Crippen molar-refractivity contribution in [3.63, 3.8) is 0 Å². The van der Waals surface area contributed by atoms with E-state index < -0.39 is 0 Å². The first-order valence-electron chi connectivity index (χ1n) is 9.83. The topological polar surface area (TPSA) is 105 Å². The minimum absolute atomic E-state index is 0.182. The number of methoxy groups -OCH3 is 1. The van der Waals surface area contributed by atoms with Gasteiger partial charge in [0.2, 0.25) is 0 Å². The first-order chi connectivity index (χ1) is 14.7. The number of fused-ring (bicyclic) bond motifs is 1. The minimum Gasteiger partial charge on any atom is -0.504 e. The maximum Gasteiger partial charge on any atom is 0.270 e. The average Bonchev–Trinajstić information content (AvgIpc) is 3.06. The van der Waals surface area contributed by atoms with E-state index >= 15 is 0 Å². The van der Waals surface area contributed by atoms with Gasteiger partial charge >= 0.3 is 0 Å². The van der Waals surface area contributed by atoms with E-state index in [9.17, 15) is 9.90 Å². The van der Waals surface area contributed by atoms with E-state index in [1.54, 1.807) is 37.6 Å². The molecule has 2 N–H and O–H groups in total. The van der Waals surface area contributed by atoms with E-state index in [1.165, 1.54) is 0 Å². The van der Waals surface area contributed by atoms with Gasteiger partial charge in [-0.1, -0.05) is 18.2 Å². The summed E-state index contributed by atoms with van der Waals surface area (Å²) in [5.41, 5.74) is 1.20. The number of ether oxygens (including phenoxy) is 1. The van der Waals surface area contributed by atoms with Gasteiger partial charge < -0.3 is 19.7 Å². The Bertz CT molecular complexity index is 1020. The first-order valence-corrected chi connectivity index (χ1v) is 9.83. The molecule has 0 fully saturated rings. The molecule has 9 heteroatoms. The molecule has 9 nitrogen and oxygen atoms in total. The van der Waals surface area contributed by atoms with Crippen LogP contribution in [0.4, 0.5) is 0 Å². The molecule has 0 saturated carbocycles. The van der Waals surface area contributed by atoms with Crippen molar-refractivity contribution in [1.29, 1.82) is 0 Å². The molecule has 0 unspecified atom stereocenters. The second-order valence-electron chi connectivity index (χ2n) is 7.08. The lowest BCUT2D eigenvalue weighted by atomic mass is 10.1. The number of pyridine rings is 1. The van der Waals surface area contributed by atoms with Crippen LogP contribution in [0.25, 0.3) is 0 Å². The maximum absolute atomic E-state index is 12.2. The van der Waals surface area contributed by atoms with Crippen LogP contribution in [0.2, 0.25) is 0 Å². The molecule has 0 atom stereocenters. The average molecular weight is 408 g/mol. The fourth-order valence-corrected chi connectivity index (χ4v) is 3.56. The Balaban J connectivity index is 1.39. The highest BCUT2D eigenvalue weighted by Crippen LogP contribution is 2.30. The second-order valence-corrected chi connectivity index (χ2v) is 7.08. The molecular weight excluding hydrogens is 384 g/mol. The molecular formula is C21H24N6O3. The number of amides is 1. The molecule has 0 spiro atoms. The van der Waals surface area contributed by atoms with Crippen LogP contribution in [0, 0.1) is 0 Å². The van der Waals surface area contributed by atoms with Crippen molar-refractivity contribution in [2.24, 2.45) is 0 Å². The molecule has 0 aliphatic carbocycles. The number of phenolic OH excluding ortho intramolecular Hbond substituents is 1. The van der Waals surface area contributed by atoms with E-state index in [4.69, 9.17) is 4.74 Å². The monoisotopic (exact) mass is 408 g/mol. The van der Waals surface area contributed by atoms with Crippen LogP contribution in [0.5, 0.6) is 11.5 Å². The third-order valence-electron chi connectivity index (χ3n) is 5.20. The number of rotatable bonds is 6. The van der Waals surface area contributed by atoms with Crippen LogP contribution in [-0.2, 0) is 26.1 Å². The van der Waals surface area contributed by atoms with Gasteiger partial charge in [-0.05, 0) is 18.2 Å². The van der Waals surface area contributed by atoms with Crippen LogP contribution in [0.3, 0.4) is 0 Å². The van der Waals surface area contributed by atoms with Crippen molar-refractivity contribution < 1.29 is 14.6 Å². The SMILES string of the molecule is COc1cccc(CN2CCc3nnc(CNC(=O)c4ccccn4)n3CC2)c1O. The van der Waals surface area contributed by atoms with Crippen LogP contribution >= 0.6 is 0 Å². The maximum atomic E-state index is 12.2. The predicted octanol–water partition coefficient (Wildman–Crippen LogP) is 1.38. The van der Waals surface area contributed by atoms with Crippen LogP contribution in [0.15, 0.2) is 42.6 Å². The van der Waals surface area contributed by atoms with Crippen LogP contribution in [-0.4, -0.2) is 55.9 Å². The van der Waals surface area contributed by atoms with Crippen LogP contribution in [0.1, 0.15) is 27.7 Å². The summed E-state index contributed by atoms with van der Waals surface area (Å²) in [5, 5.41) is 21.8. The molecule has 1 aromatic carbocycles. The highest BCUT2D eigenvalue weighted by atomic mass is 16.5. The zero-order valence-electron chi connectivity index (χ0n) is 16.8. The van der Waals surface area contributed by atoms with Gasteiger partial charge in [-0.15, -0.1) is 10.2 Å². The third-order valence-corrected chi connectivity index (χ3v) is 5.20. The van der Waals surface area contributed by atoms with Gasteiger partial charge in [0.05, 0.1) is 13.7 Å². The summed E-state index contributed by atoms with van der Waals surface area (Å²) in [6.45, 7) is 3.20. The van der Waals surface area contributed by atoms with Gasteiger partial charge in [-0.2, -0.15) is 0 Å². The van der Waals surface area contributed by atoms with Gasteiger partial charge in [0.1, 0.15) is 11.5 Å². The van der Waals surface area contributed by atoms with Crippen molar-refractivity contribution in [2.75, 3.05) is 20.2 Å². The Morgan fingerprint density at radius 1 is 1.17 bits per heavy atom. The summed E-state index contributed by atoms with van der Waals surface area (Å²) in [6.07, 6.45) is 2.33. The standard InChI is InChI=1S/C21H24N6O3/c1-30-17-7-4-5-15(20(17)28)14-26-10-8-18-24-25-19(27(18)12-11-26)13-23-21(29)16-6-2-3-9-22-16/h2-7,9,28H,8,10-14H2,1H3,(H,23,29). The summed E-state index contributed by atoms with van der Waals surface area (Å²) < 4.78 is 7.26. The quantitative estimate of drug-likeness (QED) is 0.635. The first kappa shape index (κ1) is 19.8. The fraction of sp³-hybridized carbons (Fsp3) is 0.333. The molecule has 4 rings (SSSR count). The summed E-state index contributed by atoms with van der Waals surface area (Å²) >= 11 is 0. The number of nitrogens with one attached hydrogen (secondary N) is 1. The molecule has 30 heavy (non-hydrogen) atoms. The van der Waals surface area contributed by atoms with Gasteiger partial charge in [0.25, 0.3) is 5.91 Å². The molecule has 1 aliphatic rings. The third kappa shape index (κ3) is 4.25. The minimum atomic E-state index is -0.239. The van der Waals surface area contributed by atoms with Gasteiger partial charge in [-0.25, -0.2) is 0 Å². The molecule has 156 valence electrons. The number of carbonyl (C=O) groups is 1. The van der Waals surface area contributed by atoms with E-state index in [0.29, 0.717) is 31.1 Å². The van der Waals surface area contributed by atoms with Crippen LogP contribution < -0.4 is 10.1 Å². The Hall–Kier alpha value is -3.46. The Kier molecular flexibility index (Phi) is 5.89. The summed E-state index contributed by atoms with van der Waals surface area (Å²) in [6, 6.07) is 10.7. The lowest BCUT2D eigenvalue weighted by Gasteiger charge is -2.20. The van der Waals surface area contributed by atoms with Gasteiger partial charge in [0, 0.05) is 44.4 Å². The Labute approximate surface area is 174 Å². The Morgan fingerprint density at radius 2 is 2.07 bits per heavy atom. The van der Waals surface area contributed by atoms with Crippen molar-refractivity contribution in [2.45, 2.75) is 26.1 Å². The molecule has 2 aromatic heterocycles. The second kappa shape index (κ2) is 8.91. The van der Waals surface area contributed by atoms with Crippen molar-refractivity contribution >= 4 is 5.91 Å². The smallest absolute Gasteiger partial charge is 0.270 e. The molecule has 3 heterocycles. The highest BCUT2D eigenvalue weighted by Gasteiger charge is 2.20. The summed E-state index contributed by atoms with van der Waals surface area (Å²) in [7, 11) is 1.55. The van der Waals surface area contributed by atoms with E-state index in [0.717, 1.165) is 36.7 Å². The molecule has 0 radical (unpaired) electrons. The van der Waals surface area contributed by atoms with Gasteiger partial charge in [0.15, 0.2) is 17.3 Å². The van der Waals surface area contributed by atoms with E-state index in [1.807, 2.05) is 12.1 Å². The molecule has 1 aliphatic heterocycles. The number of nitrogens with zero attached hydrogens (tertiary/aromatic N) is 5. The lowest BCUT2D eigenvalue weighted by Crippen LogP contribution is -2.28. The number of phenols is 1. The fourth-order valence-electron chi connectivity index (χ4n) is 3.56. The number of hydrogen-bond acceptors (Lipinski definition) is 7. The number of para-hydroxylation sites is 1. The van der Waals surface area contributed by atoms with Crippen molar-refractivity contribution in [3.05, 3.63) is 65.5 Å². The lowest BCUT2D eigenvalue weighted by molar-refractivity contribution is 0.0944. The number of aromatic nitrogens is 4.